The third kappa shape index (κ3) is 7.10. The number of amides is 1. The van der Waals surface area contributed by atoms with Crippen LogP contribution in [0.2, 0.25) is 0 Å². The van der Waals surface area contributed by atoms with Crippen LogP contribution in [0.25, 0.3) is 6.08 Å². The second-order valence-electron chi connectivity index (χ2n) is 7.80. The Labute approximate surface area is 182 Å². The quantitative estimate of drug-likeness (QED) is 0.377. The lowest BCUT2D eigenvalue weighted by Crippen LogP contribution is -2.30. The van der Waals surface area contributed by atoms with Crippen LogP contribution in [0.15, 0.2) is 35.9 Å². The van der Waals surface area contributed by atoms with Crippen LogP contribution in [0.4, 0.5) is 4.39 Å². The Hall–Kier alpha value is -3.40. The molecule has 7 heteroatoms. The summed E-state index contributed by atoms with van der Waals surface area (Å²) in [7, 11) is 0. The molecule has 0 saturated carbocycles. The Bertz CT molecular complexity index is 998. The van der Waals surface area contributed by atoms with E-state index in [-0.39, 0.29) is 11.4 Å². The summed E-state index contributed by atoms with van der Waals surface area (Å²) in [6, 6.07) is 9.77. The van der Waals surface area contributed by atoms with E-state index in [0.29, 0.717) is 18.9 Å². The third-order valence-electron chi connectivity index (χ3n) is 4.78. The Morgan fingerprint density at radius 1 is 1.26 bits per heavy atom. The summed E-state index contributed by atoms with van der Waals surface area (Å²) in [5.74, 6) is -1.17. The van der Waals surface area contributed by atoms with E-state index in [2.05, 4.69) is 23.7 Å². The summed E-state index contributed by atoms with van der Waals surface area (Å²) in [4.78, 5) is 24.2. The SMILES string of the molecule is Cc1cc(/C=C(\C#N)C(=O)OCC(=O)NCCc2ccc(F)cc2)c(C)n1CC(C)C. The first-order chi connectivity index (χ1) is 14.7. The molecule has 0 bridgehead atoms. The van der Waals surface area contributed by atoms with Gasteiger partial charge in [-0.2, -0.15) is 5.26 Å². The zero-order chi connectivity index (χ0) is 23.0. The molecule has 1 aromatic heterocycles. The number of rotatable bonds is 9. The summed E-state index contributed by atoms with van der Waals surface area (Å²) in [6.07, 6.45) is 2.02. The summed E-state index contributed by atoms with van der Waals surface area (Å²) in [5.41, 5.74) is 3.50. The highest BCUT2D eigenvalue weighted by Gasteiger charge is 2.16. The largest absolute Gasteiger partial charge is 0.451 e. The maximum Gasteiger partial charge on any atom is 0.349 e. The predicted octanol–water partition coefficient (Wildman–Crippen LogP) is 3.71. The number of halogens is 1. The number of carbonyl (C=O) groups excluding carboxylic acids is 2. The van der Waals surface area contributed by atoms with Gasteiger partial charge in [-0.15, -0.1) is 0 Å². The highest BCUT2D eigenvalue weighted by molar-refractivity contribution is 5.99. The van der Waals surface area contributed by atoms with Crippen molar-refractivity contribution in [1.82, 2.24) is 9.88 Å². The number of ether oxygens (including phenoxy) is 1. The van der Waals surface area contributed by atoms with Crippen molar-refractivity contribution in [2.75, 3.05) is 13.2 Å². The average molecular weight is 426 g/mol. The third-order valence-corrected chi connectivity index (χ3v) is 4.78. The molecule has 0 aliphatic rings. The van der Waals surface area contributed by atoms with Gasteiger partial charge in [0, 0.05) is 24.5 Å². The minimum Gasteiger partial charge on any atom is -0.451 e. The smallest absolute Gasteiger partial charge is 0.349 e. The van der Waals surface area contributed by atoms with Crippen LogP contribution in [0.1, 0.15) is 36.4 Å². The lowest BCUT2D eigenvalue weighted by Gasteiger charge is -2.12. The minimum absolute atomic E-state index is 0.163. The summed E-state index contributed by atoms with van der Waals surface area (Å²) in [5, 5.41) is 12.0. The van der Waals surface area contributed by atoms with Crippen molar-refractivity contribution < 1.29 is 18.7 Å². The molecule has 0 saturated heterocycles. The number of hydrogen-bond acceptors (Lipinski definition) is 4. The van der Waals surface area contributed by atoms with Crippen molar-refractivity contribution in [3.05, 3.63) is 64.2 Å². The number of carbonyl (C=O) groups is 2. The molecule has 1 heterocycles. The fraction of sp³-hybridized carbons (Fsp3) is 0.375. The molecule has 0 radical (unpaired) electrons. The molecule has 0 aliphatic carbocycles. The number of esters is 1. The van der Waals surface area contributed by atoms with E-state index in [1.807, 2.05) is 26.0 Å². The van der Waals surface area contributed by atoms with Gasteiger partial charge in [0.1, 0.15) is 17.5 Å². The highest BCUT2D eigenvalue weighted by atomic mass is 19.1. The Morgan fingerprint density at radius 3 is 2.55 bits per heavy atom. The van der Waals surface area contributed by atoms with E-state index in [1.165, 1.54) is 18.2 Å². The zero-order valence-electron chi connectivity index (χ0n) is 18.4. The van der Waals surface area contributed by atoms with Gasteiger partial charge in [-0.05, 0) is 61.6 Å². The van der Waals surface area contributed by atoms with Crippen LogP contribution in [0.3, 0.4) is 0 Å². The first kappa shape index (κ1) is 23.9. The normalized spacial score (nSPS) is 11.3. The number of aryl methyl sites for hydroxylation is 1. The Kier molecular flexibility index (Phi) is 8.56. The molecule has 164 valence electrons. The minimum atomic E-state index is -0.843. The number of nitrogens with zero attached hydrogens (tertiary/aromatic N) is 2. The van der Waals surface area contributed by atoms with Gasteiger partial charge in [-0.1, -0.05) is 26.0 Å². The fourth-order valence-electron chi connectivity index (χ4n) is 3.17. The molecular formula is C24H28FN3O3. The molecule has 1 aromatic carbocycles. The van der Waals surface area contributed by atoms with E-state index in [4.69, 9.17) is 4.74 Å². The fourth-order valence-corrected chi connectivity index (χ4v) is 3.17. The van der Waals surface area contributed by atoms with Crippen molar-refractivity contribution >= 4 is 18.0 Å². The molecule has 1 amide bonds. The summed E-state index contributed by atoms with van der Waals surface area (Å²) >= 11 is 0. The molecule has 0 spiro atoms. The van der Waals surface area contributed by atoms with E-state index in [1.54, 1.807) is 12.1 Å². The van der Waals surface area contributed by atoms with Crippen molar-refractivity contribution in [2.24, 2.45) is 5.92 Å². The van der Waals surface area contributed by atoms with Gasteiger partial charge >= 0.3 is 5.97 Å². The Morgan fingerprint density at radius 2 is 1.94 bits per heavy atom. The van der Waals surface area contributed by atoms with Gasteiger partial charge < -0.3 is 14.6 Å². The van der Waals surface area contributed by atoms with Gasteiger partial charge in [0.05, 0.1) is 0 Å². The number of nitrogens with one attached hydrogen (secondary N) is 1. The number of aromatic nitrogens is 1. The molecule has 0 unspecified atom stereocenters. The van der Waals surface area contributed by atoms with Crippen LogP contribution in [0, 0.1) is 36.9 Å². The first-order valence-corrected chi connectivity index (χ1v) is 10.2. The lowest BCUT2D eigenvalue weighted by atomic mass is 10.1. The molecule has 0 fully saturated rings. The second kappa shape index (κ2) is 11.1. The van der Waals surface area contributed by atoms with Crippen LogP contribution >= 0.6 is 0 Å². The van der Waals surface area contributed by atoms with Crippen molar-refractivity contribution in [3.8, 4) is 6.07 Å². The monoisotopic (exact) mass is 425 g/mol. The predicted molar refractivity (Wildman–Crippen MR) is 116 cm³/mol. The molecule has 31 heavy (non-hydrogen) atoms. The van der Waals surface area contributed by atoms with Crippen molar-refractivity contribution in [3.63, 3.8) is 0 Å². The van der Waals surface area contributed by atoms with Crippen LogP contribution < -0.4 is 5.32 Å². The molecule has 6 nitrogen and oxygen atoms in total. The van der Waals surface area contributed by atoms with Gasteiger partial charge in [-0.25, -0.2) is 9.18 Å². The summed E-state index contributed by atoms with van der Waals surface area (Å²) < 4.78 is 20.0. The van der Waals surface area contributed by atoms with E-state index in [0.717, 1.165) is 29.1 Å². The Balaban J connectivity index is 1.90. The second-order valence-corrected chi connectivity index (χ2v) is 7.80. The van der Waals surface area contributed by atoms with Crippen LogP contribution in [-0.2, 0) is 27.3 Å². The zero-order valence-corrected chi connectivity index (χ0v) is 18.4. The van der Waals surface area contributed by atoms with Gasteiger partial charge in [0.15, 0.2) is 6.61 Å². The maximum absolute atomic E-state index is 12.9. The molecule has 0 aliphatic heterocycles. The molecule has 1 N–H and O–H groups in total. The topological polar surface area (TPSA) is 84.1 Å². The number of hydrogen-bond donors (Lipinski definition) is 1. The van der Waals surface area contributed by atoms with E-state index in [9.17, 15) is 19.2 Å². The average Bonchev–Trinajstić information content (AvgIpc) is 2.98. The molecule has 2 aromatic rings. The van der Waals surface area contributed by atoms with Crippen LogP contribution in [-0.4, -0.2) is 29.6 Å². The van der Waals surface area contributed by atoms with E-state index < -0.39 is 18.5 Å². The van der Waals surface area contributed by atoms with Gasteiger partial charge in [0.25, 0.3) is 5.91 Å². The summed E-state index contributed by atoms with van der Waals surface area (Å²) in [6.45, 7) is 8.85. The van der Waals surface area contributed by atoms with Crippen LogP contribution in [0.5, 0.6) is 0 Å². The highest BCUT2D eigenvalue weighted by Crippen LogP contribution is 2.20. The van der Waals surface area contributed by atoms with Gasteiger partial charge in [0.2, 0.25) is 0 Å². The van der Waals surface area contributed by atoms with Gasteiger partial charge in [-0.3, -0.25) is 4.79 Å². The van der Waals surface area contributed by atoms with Crippen molar-refractivity contribution in [1.29, 1.82) is 5.26 Å². The maximum atomic E-state index is 12.9. The molecule has 0 atom stereocenters. The lowest BCUT2D eigenvalue weighted by molar-refractivity contribution is -0.144. The molecular weight excluding hydrogens is 397 g/mol. The van der Waals surface area contributed by atoms with Crippen molar-refractivity contribution in [2.45, 2.75) is 40.7 Å². The molecule has 2 rings (SSSR count). The standard InChI is InChI=1S/C24H28FN3O3/c1-16(2)14-28-17(3)11-20(18(28)4)12-21(13-26)24(30)31-15-23(29)27-10-9-19-5-7-22(25)8-6-19/h5-8,11-12,16H,9-10,14-15H2,1-4H3,(H,27,29)/b21-12+. The first-order valence-electron chi connectivity index (χ1n) is 10.2. The number of benzene rings is 1. The van der Waals surface area contributed by atoms with E-state index >= 15 is 0 Å². The number of nitriles is 1.